The van der Waals surface area contributed by atoms with Crippen LogP contribution in [0.25, 0.3) is 0 Å². The number of sulfone groups is 1. The number of benzene rings is 1. The van der Waals surface area contributed by atoms with Crippen LogP contribution >= 0.6 is 0 Å². The second-order valence-electron chi connectivity index (χ2n) is 10.5. The van der Waals surface area contributed by atoms with Crippen LogP contribution in [0.3, 0.4) is 0 Å². The number of hydrogen-bond acceptors (Lipinski definition) is 8. The molecule has 0 bridgehead atoms. The fraction of sp³-hybridized carbons (Fsp3) is 0.481. The second-order valence-corrected chi connectivity index (χ2v) is 12.4. The molecule has 1 saturated carbocycles. The number of rotatable bonds is 8. The van der Waals surface area contributed by atoms with Crippen LogP contribution in [0.15, 0.2) is 46.0 Å². The van der Waals surface area contributed by atoms with E-state index in [1.165, 1.54) is 12.7 Å². The minimum absolute atomic E-state index is 0.0156. The second kappa shape index (κ2) is 10.6. The summed E-state index contributed by atoms with van der Waals surface area (Å²) in [5, 5.41) is 10.9. The number of ether oxygens (including phenoxy) is 1. The van der Waals surface area contributed by atoms with Crippen LogP contribution in [0.4, 0.5) is 0 Å². The summed E-state index contributed by atoms with van der Waals surface area (Å²) in [4.78, 5) is 17.1. The lowest BCUT2D eigenvalue weighted by atomic mass is 9.67. The van der Waals surface area contributed by atoms with Crippen LogP contribution in [-0.4, -0.2) is 42.7 Å². The molecule has 0 radical (unpaired) electrons. The summed E-state index contributed by atoms with van der Waals surface area (Å²) in [7, 11) is -2.20. The van der Waals surface area contributed by atoms with Gasteiger partial charge in [0.25, 0.3) is 0 Å². The third-order valence-electron chi connectivity index (χ3n) is 7.15. The van der Waals surface area contributed by atoms with Gasteiger partial charge in [0.2, 0.25) is 17.7 Å². The molecule has 4 rings (SSSR count). The number of nitrogens with zero attached hydrogens (tertiary/aromatic N) is 3. The molecule has 2 aromatic heterocycles. The minimum atomic E-state index is -3.74. The highest BCUT2D eigenvalue weighted by Crippen LogP contribution is 2.43. The lowest BCUT2D eigenvalue weighted by Gasteiger charge is -2.43. The summed E-state index contributed by atoms with van der Waals surface area (Å²) in [6, 6.07) is 7.49. The predicted octanol–water partition coefficient (Wildman–Crippen LogP) is 4.09. The van der Waals surface area contributed by atoms with Crippen LogP contribution in [0.2, 0.25) is 0 Å². The normalized spacial score (nSPS) is 19.4. The molecule has 0 spiro atoms. The Bertz CT molecular complexity index is 1350. The zero-order chi connectivity index (χ0) is 26.8. The van der Waals surface area contributed by atoms with Gasteiger partial charge in [-0.05, 0) is 85.4 Å². The number of nitrogens with one attached hydrogen (secondary N) is 1. The van der Waals surface area contributed by atoms with Gasteiger partial charge in [-0.3, -0.25) is 9.78 Å². The number of hydrogen-bond donors (Lipinski definition) is 1. The van der Waals surface area contributed by atoms with Gasteiger partial charge in [0.1, 0.15) is 17.9 Å². The molecule has 9 nitrogen and oxygen atoms in total. The van der Waals surface area contributed by atoms with Gasteiger partial charge in [-0.1, -0.05) is 13.8 Å². The maximum absolute atomic E-state index is 13.1. The first-order chi connectivity index (χ1) is 17.5. The molecule has 2 unspecified atom stereocenters. The molecule has 37 heavy (non-hydrogen) atoms. The molecule has 1 aliphatic rings. The van der Waals surface area contributed by atoms with Gasteiger partial charge in [0, 0.05) is 18.4 Å². The number of amides is 1. The van der Waals surface area contributed by atoms with Crippen molar-refractivity contribution in [1.29, 1.82) is 0 Å². The van der Waals surface area contributed by atoms with Crippen molar-refractivity contribution in [3.05, 3.63) is 65.1 Å². The van der Waals surface area contributed by atoms with E-state index in [1.54, 1.807) is 26.0 Å². The van der Waals surface area contributed by atoms with E-state index in [4.69, 9.17) is 9.15 Å². The molecule has 0 saturated heterocycles. The predicted molar refractivity (Wildman–Crippen MR) is 138 cm³/mol. The third-order valence-corrected chi connectivity index (χ3v) is 9.04. The lowest BCUT2D eigenvalue weighted by molar-refractivity contribution is -0.122. The molecule has 0 aliphatic heterocycles. The van der Waals surface area contributed by atoms with E-state index in [0.717, 1.165) is 19.3 Å². The van der Waals surface area contributed by atoms with E-state index in [1.807, 2.05) is 12.4 Å². The highest BCUT2D eigenvalue weighted by atomic mass is 32.2. The largest absolute Gasteiger partial charge is 0.497 e. The first-order valence-corrected chi connectivity index (χ1v) is 14.0. The summed E-state index contributed by atoms with van der Waals surface area (Å²) in [5.41, 5.74) is 2.35. The van der Waals surface area contributed by atoms with Gasteiger partial charge in [-0.15, -0.1) is 10.2 Å². The molecule has 1 N–H and O–H groups in total. The van der Waals surface area contributed by atoms with Crippen molar-refractivity contribution >= 4 is 15.7 Å². The van der Waals surface area contributed by atoms with Gasteiger partial charge in [0.15, 0.2) is 9.84 Å². The van der Waals surface area contributed by atoms with E-state index < -0.39 is 15.6 Å². The summed E-state index contributed by atoms with van der Waals surface area (Å²) >= 11 is 0. The Morgan fingerprint density at radius 2 is 1.76 bits per heavy atom. The van der Waals surface area contributed by atoms with Crippen LogP contribution < -0.4 is 10.1 Å². The molecular formula is C27H34N4O5S. The number of methoxy groups -OCH3 is 1. The van der Waals surface area contributed by atoms with Gasteiger partial charge in [-0.25, -0.2) is 8.42 Å². The van der Waals surface area contributed by atoms with Crippen molar-refractivity contribution in [1.82, 2.24) is 20.5 Å². The van der Waals surface area contributed by atoms with E-state index in [2.05, 4.69) is 46.5 Å². The van der Waals surface area contributed by atoms with Crippen LogP contribution in [-0.2, 0) is 26.8 Å². The van der Waals surface area contributed by atoms with Crippen LogP contribution in [0, 0.1) is 19.3 Å². The van der Waals surface area contributed by atoms with Crippen LogP contribution in [0.5, 0.6) is 5.75 Å². The first kappa shape index (κ1) is 26.8. The molecule has 2 atom stereocenters. The van der Waals surface area contributed by atoms with Gasteiger partial charge >= 0.3 is 0 Å². The number of carbonyl (C=O) groups is 1. The smallest absolute Gasteiger partial charge is 0.231 e. The first-order valence-electron chi connectivity index (χ1n) is 12.4. The summed E-state index contributed by atoms with van der Waals surface area (Å²) in [6.07, 6.45) is 6.33. The number of carbonyl (C=O) groups excluding carboxylic acids is 1. The summed E-state index contributed by atoms with van der Waals surface area (Å²) in [5.74, 6) is 0.408. The van der Waals surface area contributed by atoms with Crippen molar-refractivity contribution in [2.45, 2.75) is 76.0 Å². The highest BCUT2D eigenvalue weighted by Gasteiger charge is 2.38. The SMILES string of the molecule is COc1cc(C)c(S(=O)(=O)Cc2nnc(CC(=O)NC3CCC(c4ccncc4)CC3(C)C)o2)c(C)c1. The summed E-state index contributed by atoms with van der Waals surface area (Å²) in [6.45, 7) is 7.78. The van der Waals surface area contributed by atoms with Gasteiger partial charge < -0.3 is 14.5 Å². The Labute approximate surface area is 218 Å². The molecule has 3 aromatic rings. The Hall–Kier alpha value is -3.27. The van der Waals surface area contributed by atoms with Crippen molar-refractivity contribution in [3.8, 4) is 5.75 Å². The van der Waals surface area contributed by atoms with Crippen molar-refractivity contribution in [2.75, 3.05) is 7.11 Å². The minimum Gasteiger partial charge on any atom is -0.497 e. The quantitative estimate of drug-likeness (QED) is 0.465. The topological polar surface area (TPSA) is 124 Å². The highest BCUT2D eigenvalue weighted by molar-refractivity contribution is 7.90. The maximum atomic E-state index is 13.1. The molecule has 1 fully saturated rings. The Morgan fingerprint density at radius 3 is 2.38 bits per heavy atom. The summed E-state index contributed by atoms with van der Waals surface area (Å²) < 4.78 is 37.0. The molecule has 1 amide bonds. The number of aromatic nitrogens is 3. The molecule has 198 valence electrons. The maximum Gasteiger partial charge on any atom is 0.231 e. The van der Waals surface area contributed by atoms with E-state index in [9.17, 15) is 13.2 Å². The Kier molecular flexibility index (Phi) is 7.68. The van der Waals surface area contributed by atoms with Crippen molar-refractivity contribution in [3.63, 3.8) is 0 Å². The average molecular weight is 527 g/mol. The Morgan fingerprint density at radius 1 is 1.11 bits per heavy atom. The average Bonchev–Trinajstić information content (AvgIpc) is 3.25. The zero-order valence-electron chi connectivity index (χ0n) is 21.9. The van der Waals surface area contributed by atoms with Crippen molar-refractivity contribution in [2.24, 2.45) is 5.41 Å². The van der Waals surface area contributed by atoms with E-state index in [0.29, 0.717) is 22.8 Å². The molecule has 2 heterocycles. The third kappa shape index (κ3) is 6.18. The van der Waals surface area contributed by atoms with Gasteiger partial charge in [-0.2, -0.15) is 0 Å². The Balaban J connectivity index is 1.37. The molecule has 10 heteroatoms. The van der Waals surface area contributed by atoms with Gasteiger partial charge in [0.05, 0.1) is 12.0 Å². The lowest BCUT2D eigenvalue weighted by Crippen LogP contribution is -2.48. The van der Waals surface area contributed by atoms with E-state index >= 15 is 0 Å². The molecule has 1 aliphatic carbocycles. The van der Waals surface area contributed by atoms with Crippen LogP contribution in [0.1, 0.15) is 67.5 Å². The molecular weight excluding hydrogens is 492 g/mol. The van der Waals surface area contributed by atoms with E-state index in [-0.39, 0.29) is 40.5 Å². The zero-order valence-corrected chi connectivity index (χ0v) is 22.8. The number of aryl methyl sites for hydroxylation is 2. The van der Waals surface area contributed by atoms with Crippen molar-refractivity contribution < 1.29 is 22.4 Å². The standard InChI is InChI=1S/C27H34N4O5S/c1-17-12-21(35-5)13-18(2)26(17)37(33,34)16-25-31-30-24(36-25)14-23(32)29-22-7-6-20(15-27(22,3)4)19-8-10-28-11-9-19/h8-13,20,22H,6-7,14-16H2,1-5H3,(H,29,32). The molecule has 1 aromatic carbocycles. The monoisotopic (exact) mass is 526 g/mol. The fourth-order valence-corrected chi connectivity index (χ4v) is 7.07. The number of pyridine rings is 1. The fourth-order valence-electron chi connectivity index (χ4n) is 5.38.